The third-order valence-electron chi connectivity index (χ3n) is 4.02. The molecule has 0 amide bonds. The Kier molecular flexibility index (Phi) is 4.93. The normalized spacial score (nSPS) is 10.7. The maximum absolute atomic E-state index is 12.1. The average molecular weight is 354 g/mol. The molecule has 0 aliphatic carbocycles. The number of aromatic hydroxyl groups is 1. The summed E-state index contributed by atoms with van der Waals surface area (Å²) in [6, 6.07) is 11.2. The van der Waals surface area contributed by atoms with E-state index in [-0.39, 0.29) is 24.4 Å². The van der Waals surface area contributed by atoms with Gasteiger partial charge in [-0.3, -0.25) is 4.79 Å². The molecule has 6 nitrogen and oxygen atoms in total. The van der Waals surface area contributed by atoms with E-state index in [2.05, 4.69) is 0 Å². The van der Waals surface area contributed by atoms with Crippen LogP contribution in [0.4, 0.5) is 0 Å². The van der Waals surface area contributed by atoms with Crippen LogP contribution in [0.25, 0.3) is 11.0 Å². The second-order valence-electron chi connectivity index (χ2n) is 5.91. The van der Waals surface area contributed by atoms with Crippen molar-refractivity contribution in [2.75, 3.05) is 7.11 Å². The molecule has 0 spiro atoms. The minimum Gasteiger partial charge on any atom is -0.508 e. The number of methoxy groups -OCH3 is 1. The van der Waals surface area contributed by atoms with Gasteiger partial charge in [0.25, 0.3) is 0 Å². The zero-order valence-corrected chi connectivity index (χ0v) is 14.4. The van der Waals surface area contributed by atoms with E-state index in [0.29, 0.717) is 16.7 Å². The molecule has 3 rings (SSSR count). The van der Waals surface area contributed by atoms with Crippen LogP contribution in [0, 0.1) is 6.92 Å². The summed E-state index contributed by atoms with van der Waals surface area (Å²) in [5.74, 6) is 0.279. The van der Waals surface area contributed by atoms with Gasteiger partial charge in [-0.2, -0.15) is 0 Å². The number of ether oxygens (including phenoxy) is 2. The Morgan fingerprint density at radius 2 is 1.96 bits per heavy atom. The van der Waals surface area contributed by atoms with Gasteiger partial charge in [0.2, 0.25) is 0 Å². The van der Waals surface area contributed by atoms with Crippen molar-refractivity contribution in [2.24, 2.45) is 0 Å². The lowest BCUT2D eigenvalue weighted by Gasteiger charge is -2.09. The summed E-state index contributed by atoms with van der Waals surface area (Å²) in [4.78, 5) is 23.8. The molecule has 0 saturated carbocycles. The highest BCUT2D eigenvalue weighted by atomic mass is 16.5. The van der Waals surface area contributed by atoms with Crippen molar-refractivity contribution in [3.63, 3.8) is 0 Å². The van der Waals surface area contributed by atoms with Crippen LogP contribution >= 0.6 is 0 Å². The topological polar surface area (TPSA) is 86.0 Å². The zero-order valence-electron chi connectivity index (χ0n) is 14.4. The van der Waals surface area contributed by atoms with Gasteiger partial charge < -0.3 is 19.0 Å². The Morgan fingerprint density at radius 3 is 2.73 bits per heavy atom. The lowest BCUT2D eigenvalue weighted by molar-refractivity contribution is -0.144. The van der Waals surface area contributed by atoms with Crippen molar-refractivity contribution >= 4 is 16.9 Å². The molecule has 1 aromatic heterocycles. The minimum absolute atomic E-state index is 0.0110. The summed E-state index contributed by atoms with van der Waals surface area (Å²) in [6.07, 6.45) is 0.0940. The van der Waals surface area contributed by atoms with Crippen molar-refractivity contribution in [1.29, 1.82) is 0 Å². The monoisotopic (exact) mass is 354 g/mol. The molecular weight excluding hydrogens is 336 g/mol. The molecule has 0 fully saturated rings. The van der Waals surface area contributed by atoms with Crippen LogP contribution in [0.15, 0.2) is 51.7 Å². The van der Waals surface area contributed by atoms with Crippen LogP contribution in [0.1, 0.15) is 16.7 Å². The summed E-state index contributed by atoms with van der Waals surface area (Å²) < 4.78 is 15.6. The maximum atomic E-state index is 12.1. The largest absolute Gasteiger partial charge is 0.508 e. The van der Waals surface area contributed by atoms with Gasteiger partial charge in [0, 0.05) is 23.1 Å². The average Bonchev–Trinajstić information content (AvgIpc) is 2.60. The summed E-state index contributed by atoms with van der Waals surface area (Å²) in [5, 5.41) is 10.1. The van der Waals surface area contributed by atoms with Crippen molar-refractivity contribution in [1.82, 2.24) is 0 Å². The van der Waals surface area contributed by atoms with Gasteiger partial charge in [0.1, 0.15) is 23.7 Å². The molecular formula is C20H18O6. The maximum Gasteiger partial charge on any atom is 0.336 e. The Bertz CT molecular complexity index is 1020. The highest BCUT2D eigenvalue weighted by molar-refractivity contribution is 5.81. The lowest BCUT2D eigenvalue weighted by Crippen LogP contribution is -2.10. The number of benzene rings is 2. The van der Waals surface area contributed by atoms with E-state index in [4.69, 9.17) is 13.9 Å². The second-order valence-corrected chi connectivity index (χ2v) is 5.91. The molecule has 0 unspecified atom stereocenters. The molecule has 134 valence electrons. The van der Waals surface area contributed by atoms with E-state index < -0.39 is 11.6 Å². The molecule has 0 saturated heterocycles. The number of hydrogen-bond acceptors (Lipinski definition) is 6. The van der Waals surface area contributed by atoms with Crippen LogP contribution < -0.4 is 10.4 Å². The number of hydrogen-bond donors (Lipinski definition) is 1. The number of phenols is 1. The lowest BCUT2D eigenvalue weighted by atomic mass is 10.1. The molecule has 3 aromatic rings. The Balaban J connectivity index is 1.74. The van der Waals surface area contributed by atoms with Crippen LogP contribution in [-0.2, 0) is 22.6 Å². The summed E-state index contributed by atoms with van der Waals surface area (Å²) in [6.45, 7) is 1.86. The van der Waals surface area contributed by atoms with Crippen LogP contribution in [0.5, 0.6) is 11.5 Å². The first-order chi connectivity index (χ1) is 12.5. The summed E-state index contributed by atoms with van der Waals surface area (Å²) in [5.41, 5.74) is 1.95. The molecule has 6 heteroatoms. The van der Waals surface area contributed by atoms with Crippen molar-refractivity contribution in [3.8, 4) is 11.5 Å². The fourth-order valence-electron chi connectivity index (χ4n) is 2.69. The smallest absolute Gasteiger partial charge is 0.336 e. The predicted molar refractivity (Wildman–Crippen MR) is 95.4 cm³/mol. The second kappa shape index (κ2) is 7.31. The highest BCUT2D eigenvalue weighted by Gasteiger charge is 2.11. The van der Waals surface area contributed by atoms with Crippen LogP contribution in [0.2, 0.25) is 0 Å². The van der Waals surface area contributed by atoms with Gasteiger partial charge >= 0.3 is 11.6 Å². The number of aryl methyl sites for hydroxylation is 1. The number of carbonyl (C=O) groups is 1. The third kappa shape index (κ3) is 3.85. The zero-order chi connectivity index (χ0) is 18.7. The van der Waals surface area contributed by atoms with E-state index in [0.717, 1.165) is 11.1 Å². The Hall–Kier alpha value is -3.28. The summed E-state index contributed by atoms with van der Waals surface area (Å²) in [7, 11) is 1.58. The molecule has 0 radical (unpaired) electrons. The van der Waals surface area contributed by atoms with E-state index in [1.165, 1.54) is 18.2 Å². The fraction of sp³-hybridized carbons (Fsp3) is 0.200. The van der Waals surface area contributed by atoms with Crippen LogP contribution in [-0.4, -0.2) is 18.2 Å². The Labute approximate surface area is 149 Å². The molecule has 0 atom stereocenters. The van der Waals surface area contributed by atoms with Crippen molar-refractivity contribution < 1.29 is 23.8 Å². The molecule has 2 aromatic carbocycles. The van der Waals surface area contributed by atoms with Crippen molar-refractivity contribution in [3.05, 3.63) is 69.6 Å². The number of phenolic OH excluding ortho intramolecular Hbond substituents is 1. The van der Waals surface area contributed by atoms with Gasteiger partial charge in [-0.05, 0) is 36.2 Å². The molecule has 26 heavy (non-hydrogen) atoms. The fourth-order valence-corrected chi connectivity index (χ4v) is 2.69. The Morgan fingerprint density at radius 1 is 1.15 bits per heavy atom. The molecule has 1 heterocycles. The standard InChI is InChI=1S/C20H18O6/c1-12-3-4-13(7-17(12)24-2)8-19(22)25-11-14-9-20(23)26-18-10-15(21)5-6-16(14)18/h3-7,9-10,21H,8,11H2,1-2H3. The van der Waals surface area contributed by atoms with Gasteiger partial charge in [-0.25, -0.2) is 4.79 Å². The predicted octanol–water partition coefficient (Wildman–Crippen LogP) is 3.10. The SMILES string of the molecule is COc1cc(CC(=O)OCc2cc(=O)oc3cc(O)ccc23)ccc1C. The quantitative estimate of drug-likeness (QED) is 0.560. The highest BCUT2D eigenvalue weighted by Crippen LogP contribution is 2.23. The van der Waals surface area contributed by atoms with E-state index in [9.17, 15) is 14.7 Å². The first-order valence-electron chi connectivity index (χ1n) is 8.01. The van der Waals surface area contributed by atoms with Gasteiger partial charge in [0.15, 0.2) is 0 Å². The molecule has 0 aliphatic heterocycles. The van der Waals surface area contributed by atoms with Gasteiger partial charge in [0.05, 0.1) is 13.5 Å². The minimum atomic E-state index is -0.572. The van der Waals surface area contributed by atoms with E-state index >= 15 is 0 Å². The first kappa shape index (κ1) is 17.5. The first-order valence-corrected chi connectivity index (χ1v) is 8.01. The number of carbonyl (C=O) groups excluding carboxylic acids is 1. The number of rotatable bonds is 5. The number of fused-ring (bicyclic) bond motifs is 1. The summed E-state index contributed by atoms with van der Waals surface area (Å²) >= 11 is 0. The third-order valence-corrected chi connectivity index (χ3v) is 4.02. The van der Waals surface area contributed by atoms with Crippen LogP contribution in [0.3, 0.4) is 0 Å². The van der Waals surface area contributed by atoms with Gasteiger partial charge in [-0.15, -0.1) is 0 Å². The van der Waals surface area contributed by atoms with Crippen molar-refractivity contribution in [2.45, 2.75) is 20.0 Å². The molecule has 0 aliphatic rings. The van der Waals surface area contributed by atoms with E-state index in [1.54, 1.807) is 19.2 Å². The van der Waals surface area contributed by atoms with E-state index in [1.807, 2.05) is 19.1 Å². The molecule has 0 bridgehead atoms. The van der Waals surface area contributed by atoms with Gasteiger partial charge in [-0.1, -0.05) is 12.1 Å². The number of esters is 1. The molecule has 1 N–H and O–H groups in total.